The van der Waals surface area contributed by atoms with Gasteiger partial charge in [-0.05, 0) is 51.6 Å². The number of nitrogens with one attached hydrogen (secondary N) is 1. The summed E-state index contributed by atoms with van der Waals surface area (Å²) in [7, 11) is 1.93. The standard InChI is InChI=1S/C17H24FN3O3/c1-17(2)15(22)21(16(23)19-17)11-10-20(3)9-4-12-24-14-7-5-13(18)6-8-14/h5-8H,4,9-12H2,1-3H3,(H,19,23). The Morgan fingerprint density at radius 2 is 1.88 bits per heavy atom. The second kappa shape index (κ2) is 7.61. The van der Waals surface area contributed by atoms with Crippen molar-refractivity contribution in [1.82, 2.24) is 15.1 Å². The van der Waals surface area contributed by atoms with Gasteiger partial charge in [0, 0.05) is 19.6 Å². The first kappa shape index (κ1) is 18.2. The summed E-state index contributed by atoms with van der Waals surface area (Å²) in [5.74, 6) is 0.159. The van der Waals surface area contributed by atoms with Crippen molar-refractivity contribution in [2.24, 2.45) is 0 Å². The maximum Gasteiger partial charge on any atom is 0.325 e. The van der Waals surface area contributed by atoms with Gasteiger partial charge in [0.1, 0.15) is 17.1 Å². The molecule has 1 fully saturated rings. The van der Waals surface area contributed by atoms with E-state index in [4.69, 9.17) is 4.74 Å². The molecule has 2 rings (SSSR count). The third kappa shape index (κ3) is 4.67. The van der Waals surface area contributed by atoms with Gasteiger partial charge in [-0.1, -0.05) is 0 Å². The second-order valence-electron chi connectivity index (χ2n) is 6.47. The van der Waals surface area contributed by atoms with Gasteiger partial charge < -0.3 is 15.0 Å². The van der Waals surface area contributed by atoms with Crippen LogP contribution in [0.5, 0.6) is 5.75 Å². The van der Waals surface area contributed by atoms with Crippen molar-refractivity contribution in [3.63, 3.8) is 0 Å². The number of rotatable bonds is 8. The smallest absolute Gasteiger partial charge is 0.325 e. The Kier molecular flexibility index (Phi) is 5.77. The number of nitrogens with zero attached hydrogens (tertiary/aromatic N) is 2. The number of carbonyl (C=O) groups is 2. The molecule has 0 aliphatic carbocycles. The molecule has 1 aromatic rings. The van der Waals surface area contributed by atoms with Gasteiger partial charge in [0.15, 0.2) is 0 Å². The molecular formula is C17H24FN3O3. The van der Waals surface area contributed by atoms with E-state index in [1.165, 1.54) is 17.0 Å². The number of halogens is 1. The first-order valence-corrected chi connectivity index (χ1v) is 8.00. The summed E-state index contributed by atoms with van der Waals surface area (Å²) in [5.41, 5.74) is -0.821. The van der Waals surface area contributed by atoms with Crippen LogP contribution < -0.4 is 10.1 Å². The van der Waals surface area contributed by atoms with Crippen LogP contribution in [0.4, 0.5) is 9.18 Å². The lowest BCUT2D eigenvalue weighted by atomic mass is 10.1. The summed E-state index contributed by atoms with van der Waals surface area (Å²) < 4.78 is 18.3. The third-order valence-corrected chi connectivity index (χ3v) is 3.92. The van der Waals surface area contributed by atoms with Crippen LogP contribution >= 0.6 is 0 Å². The maximum absolute atomic E-state index is 12.8. The molecule has 0 bridgehead atoms. The Hall–Kier alpha value is -2.15. The molecule has 7 heteroatoms. The maximum atomic E-state index is 12.8. The van der Waals surface area contributed by atoms with Crippen molar-refractivity contribution in [3.8, 4) is 5.75 Å². The predicted molar refractivity (Wildman–Crippen MR) is 88.3 cm³/mol. The summed E-state index contributed by atoms with van der Waals surface area (Å²) in [5, 5.41) is 2.66. The zero-order valence-electron chi connectivity index (χ0n) is 14.3. The van der Waals surface area contributed by atoms with Crippen molar-refractivity contribution >= 4 is 11.9 Å². The van der Waals surface area contributed by atoms with E-state index in [-0.39, 0.29) is 17.8 Å². The fourth-order valence-electron chi connectivity index (χ4n) is 2.46. The van der Waals surface area contributed by atoms with Crippen molar-refractivity contribution < 1.29 is 18.7 Å². The number of imide groups is 1. The zero-order chi connectivity index (χ0) is 17.7. The molecule has 6 nitrogen and oxygen atoms in total. The third-order valence-electron chi connectivity index (χ3n) is 3.92. The van der Waals surface area contributed by atoms with Crippen LogP contribution in [0.2, 0.25) is 0 Å². The van der Waals surface area contributed by atoms with Crippen LogP contribution in [0.3, 0.4) is 0 Å². The molecule has 1 aromatic carbocycles. The number of amides is 3. The number of hydrogen-bond acceptors (Lipinski definition) is 4. The average molecular weight is 337 g/mol. The average Bonchev–Trinajstić information content (AvgIpc) is 2.72. The molecule has 132 valence electrons. The zero-order valence-corrected chi connectivity index (χ0v) is 14.3. The Morgan fingerprint density at radius 3 is 2.46 bits per heavy atom. The molecule has 1 N–H and O–H groups in total. The molecule has 1 heterocycles. The van der Waals surface area contributed by atoms with Crippen LogP contribution in [-0.4, -0.2) is 60.6 Å². The highest BCUT2D eigenvalue weighted by Gasteiger charge is 2.43. The van der Waals surface area contributed by atoms with Gasteiger partial charge in [0.05, 0.1) is 6.61 Å². The Bertz CT molecular complexity index is 589. The van der Waals surface area contributed by atoms with E-state index in [0.717, 1.165) is 13.0 Å². The SMILES string of the molecule is CN(CCCOc1ccc(F)cc1)CCN1C(=O)NC(C)(C)C1=O. The highest BCUT2D eigenvalue weighted by atomic mass is 19.1. The van der Waals surface area contributed by atoms with Crippen molar-refractivity contribution in [2.75, 3.05) is 33.3 Å². The van der Waals surface area contributed by atoms with E-state index in [1.54, 1.807) is 26.0 Å². The molecule has 3 amide bonds. The molecular weight excluding hydrogens is 313 g/mol. The lowest BCUT2D eigenvalue weighted by Gasteiger charge is -2.21. The van der Waals surface area contributed by atoms with E-state index < -0.39 is 5.54 Å². The van der Waals surface area contributed by atoms with Gasteiger partial charge in [-0.3, -0.25) is 9.69 Å². The summed E-state index contributed by atoms with van der Waals surface area (Å²) >= 11 is 0. The van der Waals surface area contributed by atoms with Crippen LogP contribution in [0.25, 0.3) is 0 Å². The highest BCUT2D eigenvalue weighted by molar-refractivity contribution is 6.06. The van der Waals surface area contributed by atoms with Crippen LogP contribution in [-0.2, 0) is 4.79 Å². The quantitative estimate of drug-likeness (QED) is 0.581. The van der Waals surface area contributed by atoms with E-state index in [9.17, 15) is 14.0 Å². The summed E-state index contributed by atoms with van der Waals surface area (Å²) in [6.45, 7) is 5.66. The normalized spacial score (nSPS) is 16.6. The minimum absolute atomic E-state index is 0.194. The molecule has 0 unspecified atom stereocenters. The molecule has 1 aliphatic heterocycles. The minimum Gasteiger partial charge on any atom is -0.494 e. The van der Waals surface area contributed by atoms with E-state index in [0.29, 0.717) is 25.4 Å². The molecule has 1 aliphatic rings. The predicted octanol–water partition coefficient (Wildman–Crippen LogP) is 1.86. The largest absolute Gasteiger partial charge is 0.494 e. The molecule has 0 spiro atoms. The number of hydrogen-bond donors (Lipinski definition) is 1. The topological polar surface area (TPSA) is 61.9 Å². The molecule has 24 heavy (non-hydrogen) atoms. The fraction of sp³-hybridized carbons (Fsp3) is 0.529. The second-order valence-corrected chi connectivity index (χ2v) is 6.47. The Labute approximate surface area is 141 Å². The summed E-state index contributed by atoms with van der Waals surface area (Å²) in [6.07, 6.45) is 0.791. The first-order chi connectivity index (χ1) is 11.3. The number of carbonyl (C=O) groups excluding carboxylic acids is 2. The van der Waals surface area contributed by atoms with Gasteiger partial charge in [-0.2, -0.15) is 0 Å². The van der Waals surface area contributed by atoms with Crippen LogP contribution in [0.15, 0.2) is 24.3 Å². The van der Waals surface area contributed by atoms with Crippen molar-refractivity contribution in [1.29, 1.82) is 0 Å². The molecule has 0 radical (unpaired) electrons. The summed E-state index contributed by atoms with van der Waals surface area (Å²) in [6, 6.07) is 5.58. The molecule has 1 saturated heterocycles. The van der Waals surface area contributed by atoms with Gasteiger partial charge in [0.25, 0.3) is 5.91 Å². The Morgan fingerprint density at radius 1 is 1.21 bits per heavy atom. The van der Waals surface area contributed by atoms with Crippen LogP contribution in [0.1, 0.15) is 20.3 Å². The van der Waals surface area contributed by atoms with E-state index in [1.807, 2.05) is 11.9 Å². The lowest BCUT2D eigenvalue weighted by molar-refractivity contribution is -0.130. The minimum atomic E-state index is -0.821. The van der Waals surface area contributed by atoms with Gasteiger partial charge in [-0.25, -0.2) is 9.18 Å². The first-order valence-electron chi connectivity index (χ1n) is 8.00. The Balaban J connectivity index is 1.65. The molecule has 0 aromatic heterocycles. The fourth-order valence-corrected chi connectivity index (χ4v) is 2.46. The van der Waals surface area contributed by atoms with Crippen molar-refractivity contribution in [2.45, 2.75) is 25.8 Å². The van der Waals surface area contributed by atoms with Crippen molar-refractivity contribution in [3.05, 3.63) is 30.1 Å². The number of urea groups is 1. The lowest BCUT2D eigenvalue weighted by Crippen LogP contribution is -2.41. The van der Waals surface area contributed by atoms with Gasteiger partial charge in [0.2, 0.25) is 0 Å². The van der Waals surface area contributed by atoms with Gasteiger partial charge >= 0.3 is 6.03 Å². The molecule has 0 atom stereocenters. The summed E-state index contributed by atoms with van der Waals surface area (Å²) in [4.78, 5) is 27.1. The number of likely N-dealkylation sites (N-methyl/N-ethyl adjacent to an activating group) is 1. The monoisotopic (exact) mass is 337 g/mol. The number of benzene rings is 1. The van der Waals surface area contributed by atoms with E-state index in [2.05, 4.69) is 5.32 Å². The molecule has 0 saturated carbocycles. The van der Waals surface area contributed by atoms with Gasteiger partial charge in [-0.15, -0.1) is 0 Å². The van der Waals surface area contributed by atoms with Crippen LogP contribution in [0, 0.1) is 5.82 Å². The van der Waals surface area contributed by atoms with E-state index >= 15 is 0 Å². The highest BCUT2D eigenvalue weighted by Crippen LogP contribution is 2.16. The number of ether oxygens (including phenoxy) is 1.